The fraction of sp³-hybridized carbons (Fsp3) is 0.917. The molecule has 1 atom stereocenters. The fourth-order valence-electron chi connectivity index (χ4n) is 2.74. The van der Waals surface area contributed by atoms with Gasteiger partial charge in [-0.05, 0) is 44.7 Å². The molecule has 2 rings (SSSR count). The van der Waals surface area contributed by atoms with Gasteiger partial charge in [0.25, 0.3) is 0 Å². The van der Waals surface area contributed by atoms with E-state index in [4.69, 9.17) is 0 Å². The van der Waals surface area contributed by atoms with Crippen molar-refractivity contribution in [1.29, 1.82) is 0 Å². The van der Waals surface area contributed by atoms with Crippen molar-refractivity contribution < 1.29 is 13.2 Å². The van der Waals surface area contributed by atoms with Crippen molar-refractivity contribution in [2.45, 2.75) is 37.4 Å². The van der Waals surface area contributed by atoms with Crippen LogP contribution in [0.2, 0.25) is 0 Å². The van der Waals surface area contributed by atoms with Crippen LogP contribution in [0.5, 0.6) is 0 Å². The van der Waals surface area contributed by atoms with Gasteiger partial charge in [-0.1, -0.05) is 0 Å². The van der Waals surface area contributed by atoms with Crippen LogP contribution < -0.4 is 10.6 Å². The lowest BCUT2D eigenvalue weighted by molar-refractivity contribution is -0.122. The Morgan fingerprint density at radius 1 is 1.22 bits per heavy atom. The number of amides is 1. The first-order valence-corrected chi connectivity index (χ1v) is 8.48. The molecule has 2 fully saturated rings. The average Bonchev–Trinajstić information content (AvgIpc) is 2.67. The smallest absolute Gasteiger partial charge is 0.220 e. The molecule has 0 spiro atoms. The van der Waals surface area contributed by atoms with Crippen LogP contribution in [0, 0.1) is 5.92 Å². The lowest BCUT2D eigenvalue weighted by Crippen LogP contribution is -2.37. The van der Waals surface area contributed by atoms with E-state index in [0.29, 0.717) is 25.3 Å². The van der Waals surface area contributed by atoms with Crippen LogP contribution in [0.4, 0.5) is 0 Å². The fourth-order valence-corrected chi connectivity index (χ4v) is 4.50. The summed E-state index contributed by atoms with van der Waals surface area (Å²) >= 11 is 0. The molecule has 0 aliphatic carbocycles. The SMILES string of the molecule is O=C(CC1CCNCC1)NCC1CCCS1(=O)=O. The van der Waals surface area contributed by atoms with E-state index in [1.807, 2.05) is 0 Å². The van der Waals surface area contributed by atoms with Crippen molar-refractivity contribution in [2.24, 2.45) is 5.92 Å². The molecule has 2 saturated heterocycles. The molecule has 1 amide bonds. The third-order valence-corrected chi connectivity index (χ3v) is 6.20. The second-order valence-electron chi connectivity index (χ2n) is 5.33. The van der Waals surface area contributed by atoms with E-state index in [-0.39, 0.29) is 16.9 Å². The van der Waals surface area contributed by atoms with Crippen LogP contribution in [-0.4, -0.2) is 45.0 Å². The van der Waals surface area contributed by atoms with Crippen molar-refractivity contribution in [3.63, 3.8) is 0 Å². The number of piperidine rings is 1. The second kappa shape index (κ2) is 6.02. The molecule has 2 aliphatic rings. The van der Waals surface area contributed by atoms with Crippen molar-refractivity contribution in [3.8, 4) is 0 Å². The first-order chi connectivity index (χ1) is 8.58. The molecule has 0 saturated carbocycles. The molecule has 0 radical (unpaired) electrons. The van der Waals surface area contributed by atoms with Crippen LogP contribution in [-0.2, 0) is 14.6 Å². The standard InChI is InChI=1S/C12H22N2O3S/c15-12(8-10-3-5-13-6-4-10)14-9-11-2-1-7-18(11,16)17/h10-11,13H,1-9H2,(H,14,15). The number of sulfone groups is 1. The molecule has 6 heteroatoms. The third-order valence-electron chi connectivity index (χ3n) is 3.92. The maximum absolute atomic E-state index is 11.8. The maximum Gasteiger partial charge on any atom is 0.220 e. The van der Waals surface area contributed by atoms with Crippen LogP contribution in [0.15, 0.2) is 0 Å². The Bertz CT molecular complexity index is 388. The minimum Gasteiger partial charge on any atom is -0.355 e. The van der Waals surface area contributed by atoms with Gasteiger partial charge in [0, 0.05) is 13.0 Å². The van der Waals surface area contributed by atoms with E-state index >= 15 is 0 Å². The molecule has 0 bridgehead atoms. The van der Waals surface area contributed by atoms with Gasteiger partial charge in [-0.3, -0.25) is 4.79 Å². The summed E-state index contributed by atoms with van der Waals surface area (Å²) in [6.07, 6.45) is 4.03. The third kappa shape index (κ3) is 3.68. The molecule has 104 valence electrons. The van der Waals surface area contributed by atoms with Gasteiger partial charge in [-0.15, -0.1) is 0 Å². The van der Waals surface area contributed by atoms with Gasteiger partial charge in [0.15, 0.2) is 9.84 Å². The second-order valence-corrected chi connectivity index (χ2v) is 7.73. The zero-order valence-corrected chi connectivity index (χ0v) is 11.5. The van der Waals surface area contributed by atoms with Gasteiger partial charge >= 0.3 is 0 Å². The van der Waals surface area contributed by atoms with Crippen molar-refractivity contribution in [3.05, 3.63) is 0 Å². The number of hydrogen-bond acceptors (Lipinski definition) is 4. The Labute approximate surface area is 109 Å². The number of nitrogens with one attached hydrogen (secondary N) is 2. The van der Waals surface area contributed by atoms with Crippen LogP contribution >= 0.6 is 0 Å². The summed E-state index contributed by atoms with van der Waals surface area (Å²) in [5.74, 6) is 0.734. The summed E-state index contributed by atoms with van der Waals surface area (Å²) in [6.45, 7) is 2.26. The summed E-state index contributed by atoms with van der Waals surface area (Å²) in [4.78, 5) is 11.8. The van der Waals surface area contributed by atoms with E-state index in [9.17, 15) is 13.2 Å². The Hall–Kier alpha value is -0.620. The lowest BCUT2D eigenvalue weighted by Gasteiger charge is -2.22. The van der Waals surface area contributed by atoms with Gasteiger partial charge in [0.05, 0.1) is 11.0 Å². The number of rotatable bonds is 4. The number of hydrogen-bond donors (Lipinski definition) is 2. The molecule has 0 aromatic heterocycles. The zero-order valence-electron chi connectivity index (χ0n) is 10.7. The summed E-state index contributed by atoms with van der Waals surface area (Å²) < 4.78 is 23.2. The van der Waals surface area contributed by atoms with Crippen LogP contribution in [0.1, 0.15) is 32.1 Å². The summed E-state index contributed by atoms with van der Waals surface area (Å²) in [5.41, 5.74) is 0. The predicted molar refractivity (Wildman–Crippen MR) is 70.0 cm³/mol. The molecular formula is C12H22N2O3S. The van der Waals surface area contributed by atoms with E-state index in [2.05, 4.69) is 10.6 Å². The minimum absolute atomic E-state index is 0.00370. The van der Waals surface area contributed by atoms with E-state index in [1.165, 1.54) is 0 Å². The molecule has 2 N–H and O–H groups in total. The van der Waals surface area contributed by atoms with Crippen molar-refractivity contribution in [2.75, 3.05) is 25.4 Å². The van der Waals surface area contributed by atoms with Gasteiger partial charge in [0.1, 0.15) is 0 Å². The normalized spacial score (nSPS) is 28.1. The average molecular weight is 274 g/mol. The molecule has 2 aliphatic heterocycles. The minimum atomic E-state index is -2.94. The zero-order chi connectivity index (χ0) is 13.0. The predicted octanol–water partition coefficient (Wildman–Crippen LogP) is 0.0695. The van der Waals surface area contributed by atoms with Gasteiger partial charge in [0.2, 0.25) is 5.91 Å². The maximum atomic E-state index is 11.8. The van der Waals surface area contributed by atoms with Gasteiger partial charge in [-0.2, -0.15) is 0 Å². The van der Waals surface area contributed by atoms with E-state index in [0.717, 1.165) is 32.4 Å². The lowest BCUT2D eigenvalue weighted by atomic mass is 9.94. The summed E-state index contributed by atoms with van der Waals surface area (Å²) in [5, 5.41) is 5.70. The molecule has 2 heterocycles. The quantitative estimate of drug-likeness (QED) is 0.761. The highest BCUT2D eigenvalue weighted by Gasteiger charge is 2.31. The Kier molecular flexibility index (Phi) is 4.61. The van der Waals surface area contributed by atoms with Crippen LogP contribution in [0.3, 0.4) is 0 Å². The Balaban J connectivity index is 1.71. The van der Waals surface area contributed by atoms with Gasteiger partial charge < -0.3 is 10.6 Å². The molecule has 1 unspecified atom stereocenters. The number of carbonyl (C=O) groups excluding carboxylic acids is 1. The first-order valence-electron chi connectivity index (χ1n) is 6.77. The molecule has 5 nitrogen and oxygen atoms in total. The largest absolute Gasteiger partial charge is 0.355 e. The molecule has 0 aromatic carbocycles. The summed E-state index contributed by atoms with van der Waals surface area (Å²) in [6, 6.07) is 0. The topological polar surface area (TPSA) is 75.3 Å². The number of carbonyl (C=O) groups is 1. The van der Waals surface area contributed by atoms with Crippen molar-refractivity contribution in [1.82, 2.24) is 10.6 Å². The molecule has 18 heavy (non-hydrogen) atoms. The Morgan fingerprint density at radius 3 is 2.56 bits per heavy atom. The highest BCUT2D eigenvalue weighted by Crippen LogP contribution is 2.19. The highest BCUT2D eigenvalue weighted by atomic mass is 32.2. The highest BCUT2D eigenvalue weighted by molar-refractivity contribution is 7.92. The van der Waals surface area contributed by atoms with Gasteiger partial charge in [-0.25, -0.2) is 8.42 Å². The first kappa shape index (κ1) is 13.8. The monoisotopic (exact) mass is 274 g/mol. The summed E-state index contributed by atoms with van der Waals surface area (Å²) in [7, 11) is -2.94. The van der Waals surface area contributed by atoms with E-state index in [1.54, 1.807) is 0 Å². The van der Waals surface area contributed by atoms with Crippen LogP contribution in [0.25, 0.3) is 0 Å². The molecule has 0 aromatic rings. The molecular weight excluding hydrogens is 252 g/mol. The van der Waals surface area contributed by atoms with Crippen molar-refractivity contribution >= 4 is 15.7 Å². The Morgan fingerprint density at radius 2 is 1.94 bits per heavy atom. The van der Waals surface area contributed by atoms with E-state index < -0.39 is 9.84 Å².